The van der Waals surface area contributed by atoms with E-state index in [2.05, 4.69) is 0 Å². The number of hydrogen-bond donors (Lipinski definition) is 0. The molecule has 0 aromatic heterocycles. The predicted molar refractivity (Wildman–Crippen MR) is 51.6 cm³/mol. The number of hydrogen-bond acceptors (Lipinski definition) is 4. The van der Waals surface area contributed by atoms with Crippen LogP contribution in [0.1, 0.15) is 26.7 Å². The van der Waals surface area contributed by atoms with Gasteiger partial charge in [-0.1, -0.05) is 12.2 Å². The Bertz CT molecular complexity index is 186. The van der Waals surface area contributed by atoms with Crippen LogP contribution in [0.5, 0.6) is 0 Å². The van der Waals surface area contributed by atoms with E-state index in [9.17, 15) is 9.59 Å². The molecule has 0 aliphatic carbocycles. The summed E-state index contributed by atoms with van der Waals surface area (Å²) in [6.45, 7) is 4.26. The van der Waals surface area contributed by atoms with E-state index >= 15 is 0 Å². The number of esters is 2. The monoisotopic (exact) mass is 200 g/mol. The van der Waals surface area contributed by atoms with Crippen molar-refractivity contribution >= 4 is 11.9 Å². The van der Waals surface area contributed by atoms with E-state index in [0.717, 1.165) is 0 Å². The molecular formula is C10H16O4. The quantitative estimate of drug-likeness (QED) is 0.481. The maximum absolute atomic E-state index is 10.8. The van der Waals surface area contributed by atoms with E-state index in [1.54, 1.807) is 26.0 Å². The van der Waals surface area contributed by atoms with Gasteiger partial charge in [-0.3, -0.25) is 9.59 Å². The molecule has 0 aliphatic rings. The lowest BCUT2D eigenvalue weighted by Gasteiger charge is -1.97. The topological polar surface area (TPSA) is 52.6 Å². The molecule has 0 saturated carbocycles. The van der Waals surface area contributed by atoms with Gasteiger partial charge in [-0.25, -0.2) is 0 Å². The smallest absolute Gasteiger partial charge is 0.309 e. The average Bonchev–Trinajstić information content (AvgIpc) is 2.13. The van der Waals surface area contributed by atoms with Gasteiger partial charge < -0.3 is 9.47 Å². The molecule has 0 rings (SSSR count). The van der Waals surface area contributed by atoms with Gasteiger partial charge in [-0.15, -0.1) is 0 Å². The molecule has 0 saturated heterocycles. The fourth-order valence-corrected chi connectivity index (χ4v) is 0.799. The zero-order chi connectivity index (χ0) is 10.8. The van der Waals surface area contributed by atoms with Crippen molar-refractivity contribution in [1.29, 1.82) is 0 Å². The van der Waals surface area contributed by atoms with Crippen molar-refractivity contribution in [2.24, 2.45) is 0 Å². The summed E-state index contributed by atoms with van der Waals surface area (Å²) in [4.78, 5) is 21.6. The maximum Gasteiger partial charge on any atom is 0.309 e. The molecule has 14 heavy (non-hydrogen) atoms. The van der Waals surface area contributed by atoms with Crippen LogP contribution in [-0.2, 0) is 19.1 Å². The second-order valence-electron chi connectivity index (χ2n) is 2.49. The van der Waals surface area contributed by atoms with E-state index in [4.69, 9.17) is 9.47 Å². The molecule has 0 N–H and O–H groups in total. The standard InChI is InChI=1S/C10H16O4/c1-3-13-9(11)7-5-6-8-10(12)14-4-2/h5-6H,3-4,7-8H2,1-2H3/b6-5+. The van der Waals surface area contributed by atoms with Crippen LogP contribution in [-0.4, -0.2) is 25.2 Å². The molecule has 4 heteroatoms. The zero-order valence-corrected chi connectivity index (χ0v) is 8.62. The third kappa shape index (κ3) is 7.34. The molecule has 0 unspecified atom stereocenters. The number of carbonyl (C=O) groups is 2. The lowest BCUT2D eigenvalue weighted by molar-refractivity contribution is -0.143. The van der Waals surface area contributed by atoms with Crippen LogP contribution < -0.4 is 0 Å². The maximum atomic E-state index is 10.8. The summed E-state index contributed by atoms with van der Waals surface area (Å²) in [6, 6.07) is 0. The van der Waals surface area contributed by atoms with Gasteiger partial charge in [0.05, 0.1) is 26.1 Å². The Morgan fingerprint density at radius 1 is 0.929 bits per heavy atom. The van der Waals surface area contributed by atoms with E-state index in [-0.39, 0.29) is 24.8 Å². The molecule has 0 heterocycles. The minimum Gasteiger partial charge on any atom is -0.466 e. The SMILES string of the molecule is CCOC(=O)C/C=C/CC(=O)OCC. The fraction of sp³-hybridized carbons (Fsp3) is 0.600. The van der Waals surface area contributed by atoms with Crippen LogP contribution in [0.4, 0.5) is 0 Å². The molecule has 0 amide bonds. The zero-order valence-electron chi connectivity index (χ0n) is 8.62. The average molecular weight is 200 g/mol. The van der Waals surface area contributed by atoms with Gasteiger partial charge in [0.25, 0.3) is 0 Å². The lowest BCUT2D eigenvalue weighted by Crippen LogP contribution is -2.03. The Labute approximate surface area is 83.9 Å². The van der Waals surface area contributed by atoms with E-state index in [0.29, 0.717) is 13.2 Å². The molecule has 0 atom stereocenters. The van der Waals surface area contributed by atoms with Gasteiger partial charge in [0, 0.05) is 0 Å². The number of rotatable bonds is 6. The number of carbonyl (C=O) groups excluding carboxylic acids is 2. The molecule has 0 bridgehead atoms. The van der Waals surface area contributed by atoms with Gasteiger partial charge >= 0.3 is 11.9 Å². The van der Waals surface area contributed by atoms with Crippen LogP contribution in [0.3, 0.4) is 0 Å². The minimum atomic E-state index is -0.285. The first-order chi connectivity index (χ1) is 6.70. The van der Waals surface area contributed by atoms with Gasteiger partial charge in [0.2, 0.25) is 0 Å². The summed E-state index contributed by atoms with van der Waals surface area (Å²) < 4.78 is 9.38. The van der Waals surface area contributed by atoms with Crippen molar-refractivity contribution in [3.8, 4) is 0 Å². The highest BCUT2D eigenvalue weighted by Gasteiger charge is 1.98. The Balaban J connectivity index is 3.53. The normalized spacial score (nSPS) is 10.1. The Hall–Kier alpha value is -1.32. The summed E-state index contributed by atoms with van der Waals surface area (Å²) >= 11 is 0. The molecule has 0 radical (unpaired) electrons. The van der Waals surface area contributed by atoms with Crippen LogP contribution >= 0.6 is 0 Å². The van der Waals surface area contributed by atoms with Gasteiger partial charge in [0.15, 0.2) is 0 Å². The van der Waals surface area contributed by atoms with Crippen molar-refractivity contribution in [3.05, 3.63) is 12.2 Å². The fourth-order valence-electron chi connectivity index (χ4n) is 0.799. The third-order valence-corrected chi connectivity index (χ3v) is 1.35. The van der Waals surface area contributed by atoms with Crippen molar-refractivity contribution in [2.75, 3.05) is 13.2 Å². The summed E-state index contributed by atoms with van der Waals surface area (Å²) in [5.74, 6) is -0.569. The van der Waals surface area contributed by atoms with Crippen molar-refractivity contribution in [2.45, 2.75) is 26.7 Å². The predicted octanol–water partition coefficient (Wildman–Crippen LogP) is 1.45. The molecule has 0 aliphatic heterocycles. The van der Waals surface area contributed by atoms with Crippen LogP contribution in [0, 0.1) is 0 Å². The van der Waals surface area contributed by atoms with Gasteiger partial charge in [-0.2, -0.15) is 0 Å². The second-order valence-corrected chi connectivity index (χ2v) is 2.49. The highest BCUT2D eigenvalue weighted by Crippen LogP contribution is 1.93. The lowest BCUT2D eigenvalue weighted by atomic mass is 10.3. The summed E-state index contributed by atoms with van der Waals surface area (Å²) in [7, 11) is 0. The Kier molecular flexibility index (Phi) is 7.50. The van der Waals surface area contributed by atoms with Gasteiger partial charge in [0.1, 0.15) is 0 Å². The minimum absolute atomic E-state index is 0.202. The van der Waals surface area contributed by atoms with E-state index in [1.807, 2.05) is 0 Å². The molecule has 0 aromatic carbocycles. The molecule has 0 aromatic rings. The first-order valence-corrected chi connectivity index (χ1v) is 4.66. The van der Waals surface area contributed by atoms with Crippen LogP contribution in [0.2, 0.25) is 0 Å². The molecule has 0 fully saturated rings. The van der Waals surface area contributed by atoms with E-state index < -0.39 is 0 Å². The first kappa shape index (κ1) is 12.7. The van der Waals surface area contributed by atoms with Gasteiger partial charge in [-0.05, 0) is 13.8 Å². The van der Waals surface area contributed by atoms with Crippen molar-refractivity contribution < 1.29 is 19.1 Å². The van der Waals surface area contributed by atoms with Crippen LogP contribution in [0.25, 0.3) is 0 Å². The summed E-state index contributed by atoms with van der Waals surface area (Å²) in [5, 5.41) is 0. The Morgan fingerprint density at radius 2 is 1.29 bits per heavy atom. The largest absolute Gasteiger partial charge is 0.466 e. The molecule has 4 nitrogen and oxygen atoms in total. The highest BCUT2D eigenvalue weighted by atomic mass is 16.5. The molecule has 80 valence electrons. The molecular weight excluding hydrogens is 184 g/mol. The first-order valence-electron chi connectivity index (χ1n) is 4.66. The highest BCUT2D eigenvalue weighted by molar-refractivity contribution is 5.73. The summed E-state index contributed by atoms with van der Waals surface area (Å²) in [5.41, 5.74) is 0. The number of ether oxygens (including phenoxy) is 2. The van der Waals surface area contributed by atoms with Crippen molar-refractivity contribution in [1.82, 2.24) is 0 Å². The van der Waals surface area contributed by atoms with Crippen molar-refractivity contribution in [3.63, 3.8) is 0 Å². The third-order valence-electron chi connectivity index (χ3n) is 1.35. The molecule has 0 spiro atoms. The van der Waals surface area contributed by atoms with E-state index in [1.165, 1.54) is 0 Å². The summed E-state index contributed by atoms with van der Waals surface area (Å²) in [6.07, 6.45) is 3.62. The van der Waals surface area contributed by atoms with Crippen LogP contribution in [0.15, 0.2) is 12.2 Å². The Morgan fingerprint density at radius 3 is 1.57 bits per heavy atom. The second kappa shape index (κ2) is 8.29.